The van der Waals surface area contributed by atoms with Gasteiger partial charge in [-0.2, -0.15) is 21.6 Å². The van der Waals surface area contributed by atoms with E-state index < -0.39 is 55.6 Å². The number of thioether (sulfide) groups is 1. The first-order chi connectivity index (χ1) is 13.9. The summed E-state index contributed by atoms with van der Waals surface area (Å²) in [7, 11) is -6.28. The SMILES string of the molecule is O=C(Cc1ccccc1)NC1S[C@@H]2CC(=O)N2C(C(=O)[O-])=C1OS(=O)(=O)C(F)(F)F. The van der Waals surface area contributed by atoms with Gasteiger partial charge in [0.1, 0.15) is 11.1 Å². The molecule has 1 N–H and O–H groups in total. The number of carbonyl (C=O) groups excluding carboxylic acids is 3. The zero-order chi connectivity index (χ0) is 22.3. The molecule has 1 fully saturated rings. The van der Waals surface area contributed by atoms with Crippen molar-refractivity contribution in [1.29, 1.82) is 0 Å². The molecule has 2 aliphatic heterocycles. The lowest BCUT2D eigenvalue weighted by Gasteiger charge is -2.47. The first-order valence-corrected chi connectivity index (χ1v) is 10.5. The van der Waals surface area contributed by atoms with E-state index in [1.807, 2.05) is 0 Å². The molecule has 0 aliphatic carbocycles. The summed E-state index contributed by atoms with van der Waals surface area (Å²) in [4.78, 5) is 36.1. The Kier molecular flexibility index (Phi) is 5.73. The molecule has 30 heavy (non-hydrogen) atoms. The lowest BCUT2D eigenvalue weighted by molar-refractivity contribution is -0.301. The van der Waals surface area contributed by atoms with Gasteiger partial charge in [0.25, 0.3) is 0 Å². The van der Waals surface area contributed by atoms with Crippen LogP contribution in [0.5, 0.6) is 0 Å². The number of benzene rings is 1. The van der Waals surface area contributed by atoms with Crippen molar-refractivity contribution in [2.75, 3.05) is 0 Å². The molecule has 2 heterocycles. The monoisotopic (exact) mass is 465 g/mol. The van der Waals surface area contributed by atoms with Crippen molar-refractivity contribution in [2.24, 2.45) is 0 Å². The van der Waals surface area contributed by atoms with Crippen molar-refractivity contribution in [3.8, 4) is 0 Å². The van der Waals surface area contributed by atoms with E-state index in [1.165, 1.54) is 0 Å². The maximum atomic E-state index is 12.8. The summed E-state index contributed by atoms with van der Waals surface area (Å²) in [6.07, 6.45) is -0.378. The number of rotatable bonds is 6. The Balaban J connectivity index is 1.95. The molecule has 1 unspecified atom stereocenters. The summed E-state index contributed by atoms with van der Waals surface area (Å²) in [5.41, 5.74) is -6.49. The molecule has 9 nitrogen and oxygen atoms in total. The Morgan fingerprint density at radius 1 is 1.27 bits per heavy atom. The highest BCUT2D eigenvalue weighted by Crippen LogP contribution is 2.44. The van der Waals surface area contributed by atoms with Gasteiger partial charge in [0.15, 0.2) is 5.76 Å². The van der Waals surface area contributed by atoms with Crippen LogP contribution in [0.4, 0.5) is 13.2 Å². The molecule has 0 spiro atoms. The highest BCUT2D eigenvalue weighted by molar-refractivity contribution is 8.00. The van der Waals surface area contributed by atoms with Gasteiger partial charge in [-0.15, -0.1) is 11.8 Å². The third kappa shape index (κ3) is 4.23. The zero-order valence-corrected chi connectivity index (χ0v) is 16.3. The topological polar surface area (TPSA) is 133 Å². The maximum Gasteiger partial charge on any atom is 0.534 e. The molecule has 0 aromatic heterocycles. The molecule has 2 atom stereocenters. The summed E-state index contributed by atoms with van der Waals surface area (Å²) < 4.78 is 65.4. The van der Waals surface area contributed by atoms with E-state index in [4.69, 9.17) is 0 Å². The summed E-state index contributed by atoms with van der Waals surface area (Å²) >= 11 is 0.672. The maximum absolute atomic E-state index is 12.8. The lowest BCUT2D eigenvalue weighted by Crippen LogP contribution is -2.59. The Morgan fingerprint density at radius 3 is 2.43 bits per heavy atom. The second kappa shape index (κ2) is 7.83. The van der Waals surface area contributed by atoms with Crippen LogP contribution in [0.2, 0.25) is 0 Å². The Labute approximate surface area is 172 Å². The second-order valence-corrected chi connectivity index (χ2v) is 8.98. The van der Waals surface area contributed by atoms with Crippen LogP contribution >= 0.6 is 11.8 Å². The summed E-state index contributed by atoms with van der Waals surface area (Å²) in [6, 6.07) is 8.20. The highest BCUT2D eigenvalue weighted by Gasteiger charge is 2.53. The number of hydrogen-bond donors (Lipinski definition) is 1. The summed E-state index contributed by atoms with van der Waals surface area (Å²) in [6.45, 7) is 0. The van der Waals surface area contributed by atoms with Gasteiger partial charge in [-0.1, -0.05) is 30.3 Å². The van der Waals surface area contributed by atoms with Gasteiger partial charge < -0.3 is 19.4 Å². The predicted molar refractivity (Wildman–Crippen MR) is 93.0 cm³/mol. The minimum Gasteiger partial charge on any atom is -0.543 e. The number of carboxylic acids is 1. The quantitative estimate of drug-likeness (QED) is 0.347. The fraction of sp³-hybridized carbons (Fsp3) is 0.312. The van der Waals surface area contributed by atoms with Crippen molar-refractivity contribution in [3.63, 3.8) is 0 Å². The molecule has 0 radical (unpaired) electrons. The summed E-state index contributed by atoms with van der Waals surface area (Å²) in [5, 5.41) is 11.3. The van der Waals surface area contributed by atoms with Gasteiger partial charge in [0.2, 0.25) is 11.8 Å². The van der Waals surface area contributed by atoms with E-state index in [0.717, 1.165) is 0 Å². The van der Waals surface area contributed by atoms with E-state index in [1.54, 1.807) is 30.3 Å². The van der Waals surface area contributed by atoms with Gasteiger partial charge in [0, 0.05) is 0 Å². The smallest absolute Gasteiger partial charge is 0.534 e. The molecule has 0 bridgehead atoms. The fourth-order valence-corrected chi connectivity index (χ4v) is 4.70. The Bertz CT molecular complexity index is 1030. The Morgan fingerprint density at radius 2 is 1.90 bits per heavy atom. The van der Waals surface area contributed by atoms with E-state index in [0.29, 0.717) is 22.2 Å². The van der Waals surface area contributed by atoms with Crippen LogP contribution in [0.15, 0.2) is 41.8 Å². The van der Waals surface area contributed by atoms with Crippen molar-refractivity contribution in [3.05, 3.63) is 47.4 Å². The van der Waals surface area contributed by atoms with Crippen LogP contribution in [0.3, 0.4) is 0 Å². The third-order valence-corrected chi connectivity index (χ3v) is 6.35. The second-order valence-electron chi connectivity index (χ2n) is 6.15. The van der Waals surface area contributed by atoms with Gasteiger partial charge >= 0.3 is 15.6 Å². The number of nitrogens with zero attached hydrogens (tertiary/aromatic N) is 1. The molecular formula is C16H12F3N2O7S2-. The molecule has 1 aromatic rings. The average molecular weight is 465 g/mol. The van der Waals surface area contributed by atoms with Gasteiger partial charge in [0.05, 0.1) is 24.2 Å². The number of carbonyl (C=O) groups is 3. The molecule has 1 saturated heterocycles. The molecule has 162 valence electrons. The van der Waals surface area contributed by atoms with Gasteiger partial charge in [-0.05, 0) is 5.56 Å². The van der Waals surface area contributed by atoms with Crippen LogP contribution in [-0.2, 0) is 35.1 Å². The largest absolute Gasteiger partial charge is 0.543 e. The number of halogens is 3. The first kappa shape index (κ1) is 22.0. The fourth-order valence-electron chi connectivity index (χ4n) is 2.75. The predicted octanol–water partition coefficient (Wildman–Crippen LogP) is -0.196. The summed E-state index contributed by atoms with van der Waals surface area (Å²) in [5.74, 6) is -4.89. The molecule has 14 heteroatoms. The highest BCUT2D eigenvalue weighted by atomic mass is 32.2. The standard InChI is InChI=1S/C16H13F3N2O7S2/c17-16(18,19)30(26,27)28-13-12(15(24)25)21-10(23)7-11(21)29-14(13)20-9(22)6-8-4-2-1-3-5-8/h1-5,11,14H,6-7H2,(H,20,22)(H,24,25)/p-1/t11-,14?/m1/s1. The minimum absolute atomic E-state index is 0.161. The normalized spacial score (nSPS) is 21.6. The van der Waals surface area contributed by atoms with Crippen LogP contribution in [0.1, 0.15) is 12.0 Å². The van der Waals surface area contributed by atoms with E-state index in [-0.39, 0.29) is 12.8 Å². The van der Waals surface area contributed by atoms with Crippen molar-refractivity contribution in [2.45, 2.75) is 29.1 Å². The van der Waals surface area contributed by atoms with Crippen molar-refractivity contribution in [1.82, 2.24) is 10.2 Å². The molecule has 3 rings (SSSR count). The van der Waals surface area contributed by atoms with Crippen LogP contribution in [-0.4, -0.2) is 47.4 Å². The number of β-lactam (4-membered cyclic amide) rings is 1. The number of nitrogens with one attached hydrogen (secondary N) is 1. The van der Waals surface area contributed by atoms with Crippen molar-refractivity contribution < 1.29 is 45.3 Å². The number of alkyl halides is 3. The molecule has 2 amide bonds. The average Bonchev–Trinajstić information content (AvgIpc) is 2.62. The van der Waals surface area contributed by atoms with Gasteiger partial charge in [-0.3, -0.25) is 14.5 Å². The van der Waals surface area contributed by atoms with Crippen LogP contribution in [0.25, 0.3) is 0 Å². The molecular weight excluding hydrogens is 453 g/mol. The lowest BCUT2D eigenvalue weighted by atomic mass is 10.1. The van der Waals surface area contributed by atoms with Gasteiger partial charge in [-0.25, -0.2) is 0 Å². The number of fused-ring (bicyclic) bond motifs is 1. The molecule has 0 saturated carbocycles. The number of amides is 2. The molecule has 1 aromatic carbocycles. The molecule has 2 aliphatic rings. The minimum atomic E-state index is -6.28. The van der Waals surface area contributed by atoms with E-state index in [9.17, 15) is 41.1 Å². The number of hydrogen-bond acceptors (Lipinski definition) is 8. The Hall–Kier alpha value is -2.74. The third-order valence-electron chi connectivity index (χ3n) is 4.09. The first-order valence-electron chi connectivity index (χ1n) is 8.18. The van der Waals surface area contributed by atoms with E-state index >= 15 is 0 Å². The number of carboxylic acid groups (broad SMARTS) is 1. The van der Waals surface area contributed by atoms with Crippen LogP contribution in [0, 0.1) is 0 Å². The number of aliphatic carboxylic acids is 1. The zero-order valence-electron chi connectivity index (χ0n) is 14.7. The van der Waals surface area contributed by atoms with E-state index in [2.05, 4.69) is 9.50 Å². The van der Waals surface area contributed by atoms with Crippen molar-refractivity contribution >= 4 is 39.7 Å². The van der Waals surface area contributed by atoms with Crippen LogP contribution < -0.4 is 10.4 Å².